The molecular formula is C31H28O4. The molecule has 1 aliphatic heterocycles. The Kier molecular flexibility index (Phi) is 5.77. The van der Waals surface area contributed by atoms with E-state index in [4.69, 9.17) is 18.9 Å². The molecule has 4 nitrogen and oxygen atoms in total. The normalized spacial score (nSPS) is 16.9. The molecule has 0 amide bonds. The third-order valence-corrected chi connectivity index (χ3v) is 6.88. The van der Waals surface area contributed by atoms with Crippen LogP contribution < -0.4 is 9.47 Å². The van der Waals surface area contributed by atoms with Gasteiger partial charge in [0.15, 0.2) is 6.79 Å². The van der Waals surface area contributed by atoms with Crippen molar-refractivity contribution in [3.05, 3.63) is 119 Å². The summed E-state index contributed by atoms with van der Waals surface area (Å²) in [6.45, 7) is 4.22. The maximum Gasteiger partial charge on any atom is 0.189 e. The van der Waals surface area contributed by atoms with Gasteiger partial charge in [-0.3, -0.25) is 0 Å². The topological polar surface area (TPSA) is 40.2 Å². The van der Waals surface area contributed by atoms with Gasteiger partial charge in [-0.25, -0.2) is 0 Å². The number of hydrogen-bond acceptors (Lipinski definition) is 4. The molecule has 4 heteroatoms. The van der Waals surface area contributed by atoms with E-state index in [0.717, 1.165) is 18.1 Å². The maximum atomic E-state index is 5.93. The van der Waals surface area contributed by atoms with Crippen LogP contribution in [0.25, 0.3) is 11.1 Å². The first kappa shape index (κ1) is 21.9. The van der Waals surface area contributed by atoms with Crippen LogP contribution in [0.3, 0.4) is 0 Å². The van der Waals surface area contributed by atoms with Crippen molar-refractivity contribution in [2.24, 2.45) is 0 Å². The molecule has 0 saturated carbocycles. The average molecular weight is 465 g/mol. The van der Waals surface area contributed by atoms with E-state index < -0.39 is 5.41 Å². The first-order valence-electron chi connectivity index (χ1n) is 12.2. The summed E-state index contributed by atoms with van der Waals surface area (Å²) in [5.74, 6) is 1.65. The van der Waals surface area contributed by atoms with Crippen LogP contribution in [0.15, 0.2) is 97.1 Å². The fourth-order valence-corrected chi connectivity index (χ4v) is 5.17. The molecule has 1 aliphatic carbocycles. The molecule has 1 atom stereocenters. The van der Waals surface area contributed by atoms with Crippen LogP contribution in [-0.4, -0.2) is 32.7 Å². The van der Waals surface area contributed by atoms with Gasteiger partial charge in [0.2, 0.25) is 0 Å². The lowest BCUT2D eigenvalue weighted by Gasteiger charge is -2.34. The Morgan fingerprint density at radius 3 is 1.74 bits per heavy atom. The predicted molar refractivity (Wildman–Crippen MR) is 136 cm³/mol. The average Bonchev–Trinajstić information content (AvgIpc) is 3.70. The van der Waals surface area contributed by atoms with Crippen LogP contribution in [0.2, 0.25) is 0 Å². The molecular weight excluding hydrogens is 436 g/mol. The fourth-order valence-electron chi connectivity index (χ4n) is 5.17. The van der Waals surface area contributed by atoms with E-state index in [-0.39, 0.29) is 12.9 Å². The van der Waals surface area contributed by atoms with E-state index in [1.54, 1.807) is 0 Å². The van der Waals surface area contributed by atoms with Gasteiger partial charge in [-0.15, -0.1) is 0 Å². The highest BCUT2D eigenvalue weighted by molar-refractivity contribution is 5.86. The van der Waals surface area contributed by atoms with Crippen molar-refractivity contribution in [1.82, 2.24) is 0 Å². The van der Waals surface area contributed by atoms with Crippen molar-refractivity contribution < 1.29 is 18.9 Å². The van der Waals surface area contributed by atoms with E-state index in [2.05, 4.69) is 84.9 Å². The molecule has 0 spiro atoms. The molecule has 4 aromatic rings. The van der Waals surface area contributed by atoms with Gasteiger partial charge >= 0.3 is 0 Å². The van der Waals surface area contributed by atoms with Gasteiger partial charge < -0.3 is 18.9 Å². The van der Waals surface area contributed by atoms with Crippen LogP contribution >= 0.6 is 0 Å². The van der Waals surface area contributed by atoms with Gasteiger partial charge in [0, 0.05) is 6.61 Å². The smallest absolute Gasteiger partial charge is 0.189 e. The molecule has 0 aromatic heterocycles. The van der Waals surface area contributed by atoms with E-state index in [0.29, 0.717) is 13.2 Å². The highest BCUT2D eigenvalue weighted by atomic mass is 16.7. The largest absolute Gasteiger partial charge is 0.491 e. The number of ether oxygens (including phenoxy) is 4. The molecule has 1 unspecified atom stereocenters. The van der Waals surface area contributed by atoms with Gasteiger partial charge in [0.05, 0.1) is 12.0 Å². The second-order valence-corrected chi connectivity index (χ2v) is 8.91. The number of hydrogen-bond donors (Lipinski definition) is 0. The Bertz CT molecular complexity index is 1260. The monoisotopic (exact) mass is 464 g/mol. The molecule has 0 radical (unpaired) electrons. The van der Waals surface area contributed by atoms with Crippen molar-refractivity contribution in [2.45, 2.75) is 18.4 Å². The van der Waals surface area contributed by atoms with Crippen LogP contribution in [-0.2, 0) is 14.9 Å². The summed E-state index contributed by atoms with van der Waals surface area (Å²) in [6, 6.07) is 34.4. The number of fused-ring (bicyclic) bond motifs is 3. The third-order valence-electron chi connectivity index (χ3n) is 6.88. The molecule has 6 rings (SSSR count). The maximum absolute atomic E-state index is 5.93. The second kappa shape index (κ2) is 9.21. The molecule has 4 aromatic carbocycles. The minimum atomic E-state index is -0.441. The summed E-state index contributed by atoms with van der Waals surface area (Å²) < 4.78 is 22.3. The summed E-state index contributed by atoms with van der Waals surface area (Å²) in [6.07, 6.45) is 0.234. The van der Waals surface area contributed by atoms with Gasteiger partial charge in [-0.2, -0.15) is 0 Å². The van der Waals surface area contributed by atoms with Gasteiger partial charge in [0.25, 0.3) is 0 Å². The molecule has 35 heavy (non-hydrogen) atoms. The summed E-state index contributed by atoms with van der Waals surface area (Å²) >= 11 is 0. The zero-order chi connectivity index (χ0) is 23.7. The quantitative estimate of drug-likeness (QED) is 0.148. The van der Waals surface area contributed by atoms with Crippen molar-refractivity contribution >= 4 is 0 Å². The number of epoxide rings is 1. The molecule has 176 valence electrons. The SMILES string of the molecule is CCOCOc1ccc(C2(c3ccc(OCC4CO4)cc3)c3ccccc3-c3ccccc32)cc1. The predicted octanol–water partition coefficient (Wildman–Crippen LogP) is 6.20. The van der Waals surface area contributed by atoms with Crippen LogP contribution in [0.1, 0.15) is 29.2 Å². The third kappa shape index (κ3) is 3.89. The highest BCUT2D eigenvalue weighted by Gasteiger charge is 2.45. The lowest BCUT2D eigenvalue weighted by molar-refractivity contribution is 0.0224. The Morgan fingerprint density at radius 2 is 1.23 bits per heavy atom. The zero-order valence-electron chi connectivity index (χ0n) is 19.8. The molecule has 0 bridgehead atoms. The summed E-state index contributed by atoms with van der Waals surface area (Å²) in [7, 11) is 0. The van der Waals surface area contributed by atoms with E-state index >= 15 is 0 Å². The summed E-state index contributed by atoms with van der Waals surface area (Å²) in [5, 5.41) is 0. The minimum Gasteiger partial charge on any atom is -0.491 e. The summed E-state index contributed by atoms with van der Waals surface area (Å²) in [5.41, 5.74) is 7.06. The van der Waals surface area contributed by atoms with Crippen LogP contribution in [0, 0.1) is 0 Å². The van der Waals surface area contributed by atoms with E-state index in [1.165, 1.54) is 33.4 Å². The Labute approximate surface area is 206 Å². The lowest BCUT2D eigenvalue weighted by atomic mass is 9.68. The molecule has 1 fully saturated rings. The first-order chi connectivity index (χ1) is 17.3. The Balaban J connectivity index is 1.48. The van der Waals surface area contributed by atoms with Gasteiger partial charge in [-0.05, 0) is 64.6 Å². The summed E-state index contributed by atoms with van der Waals surface area (Å²) in [4.78, 5) is 0. The second-order valence-electron chi connectivity index (χ2n) is 8.91. The van der Waals surface area contributed by atoms with Crippen molar-refractivity contribution in [3.8, 4) is 22.6 Å². The highest BCUT2D eigenvalue weighted by Crippen LogP contribution is 2.56. The molecule has 2 aliphatic rings. The standard InChI is InChI=1S/C31H28O4/c1-2-32-21-35-25-17-13-23(14-18-25)31(22-11-15-24(16-12-22)33-19-26-20-34-26)29-9-5-3-7-27(29)28-8-4-6-10-30(28)31/h3-18,26H,2,19-21H2,1H3. The first-order valence-corrected chi connectivity index (χ1v) is 12.2. The number of rotatable bonds is 9. The number of benzene rings is 4. The van der Waals surface area contributed by atoms with Crippen LogP contribution in [0.4, 0.5) is 0 Å². The molecule has 1 saturated heterocycles. The molecule has 1 heterocycles. The van der Waals surface area contributed by atoms with Crippen molar-refractivity contribution in [2.75, 3.05) is 26.6 Å². The Morgan fingerprint density at radius 1 is 0.714 bits per heavy atom. The van der Waals surface area contributed by atoms with Crippen molar-refractivity contribution in [1.29, 1.82) is 0 Å². The Hall–Kier alpha value is -3.60. The van der Waals surface area contributed by atoms with Crippen LogP contribution in [0.5, 0.6) is 11.5 Å². The van der Waals surface area contributed by atoms with Gasteiger partial charge in [0.1, 0.15) is 24.2 Å². The minimum absolute atomic E-state index is 0.234. The lowest BCUT2D eigenvalue weighted by Crippen LogP contribution is -2.28. The van der Waals surface area contributed by atoms with E-state index in [9.17, 15) is 0 Å². The fraction of sp³-hybridized carbons (Fsp3) is 0.226. The van der Waals surface area contributed by atoms with E-state index in [1.807, 2.05) is 19.1 Å². The zero-order valence-corrected chi connectivity index (χ0v) is 19.8. The van der Waals surface area contributed by atoms with Crippen molar-refractivity contribution in [3.63, 3.8) is 0 Å². The van der Waals surface area contributed by atoms with Gasteiger partial charge in [-0.1, -0.05) is 72.8 Å². The molecule has 0 N–H and O–H groups in total.